The minimum Gasteiger partial charge on any atom is -0.508 e. The van der Waals surface area contributed by atoms with E-state index in [1.54, 1.807) is 25.1 Å². The average Bonchev–Trinajstić information content (AvgIpc) is 2.84. The minimum absolute atomic E-state index is 0.0483. The lowest BCUT2D eigenvalue weighted by Gasteiger charge is -2.44. The average molecular weight is 484 g/mol. The van der Waals surface area contributed by atoms with Crippen molar-refractivity contribution in [1.29, 1.82) is 0 Å². The first-order chi connectivity index (χ1) is 16.8. The van der Waals surface area contributed by atoms with Crippen molar-refractivity contribution in [3.8, 4) is 5.75 Å². The molecule has 0 aliphatic carbocycles. The smallest absolute Gasteiger partial charge is 0.254 e. The summed E-state index contributed by atoms with van der Waals surface area (Å²) < 4.78 is 15.5. The molecule has 1 atom stereocenters. The lowest BCUT2D eigenvalue weighted by Crippen LogP contribution is -2.51. The molecule has 4 rings (SSSR count). The molecule has 2 fully saturated rings. The van der Waals surface area contributed by atoms with Crippen LogP contribution in [0, 0.1) is 18.7 Å². The van der Waals surface area contributed by atoms with Crippen molar-refractivity contribution in [2.24, 2.45) is 5.92 Å². The molecule has 35 heavy (non-hydrogen) atoms. The van der Waals surface area contributed by atoms with E-state index in [0.29, 0.717) is 30.3 Å². The zero-order chi connectivity index (χ0) is 24.9. The summed E-state index contributed by atoms with van der Waals surface area (Å²) in [6, 6.07) is 9.24. The molecule has 1 aromatic carbocycles. The van der Waals surface area contributed by atoms with E-state index in [1.165, 1.54) is 22.8 Å². The number of piperidine rings is 2. The van der Waals surface area contributed by atoms with Gasteiger partial charge in [-0.2, -0.15) is 0 Å². The van der Waals surface area contributed by atoms with Crippen LogP contribution in [0.1, 0.15) is 49.8 Å². The zero-order valence-corrected chi connectivity index (χ0v) is 20.3. The Kier molecular flexibility index (Phi) is 7.88. The number of aromatic nitrogens is 1. The van der Waals surface area contributed by atoms with E-state index in [2.05, 4.69) is 0 Å². The fraction of sp³-hybridized carbons (Fsp3) is 0.519. The van der Waals surface area contributed by atoms with Crippen LogP contribution in [0.15, 0.2) is 41.2 Å². The molecule has 0 spiro atoms. The quantitative estimate of drug-likeness (QED) is 0.684. The Morgan fingerprint density at radius 3 is 2.49 bits per heavy atom. The standard InChI is InChI=1S/C27H34FN3O4/c1-19-16-22(32)18-27(35)30(19)15-11-25(33)31-12-5-4-8-24(31)20-9-13-29(14-10-20)26(34)17-21-6-2-3-7-23(21)28/h2-3,6-7,16,18,20,24,32H,4-5,8-15,17H2,1H3/t24-/m0/s1. The zero-order valence-electron chi connectivity index (χ0n) is 20.3. The van der Waals surface area contributed by atoms with E-state index >= 15 is 0 Å². The Morgan fingerprint density at radius 2 is 1.77 bits per heavy atom. The van der Waals surface area contributed by atoms with Crippen LogP contribution in [0.3, 0.4) is 0 Å². The molecular formula is C27H34FN3O4. The lowest BCUT2D eigenvalue weighted by molar-refractivity contribution is -0.139. The second-order valence-electron chi connectivity index (χ2n) is 9.73. The SMILES string of the molecule is Cc1cc(O)cc(=O)n1CCC(=O)N1CCCC[C@H]1C1CCN(C(=O)Cc2ccccc2F)CC1. The van der Waals surface area contributed by atoms with Gasteiger partial charge in [0, 0.05) is 50.4 Å². The number of nitrogens with zero attached hydrogens (tertiary/aromatic N) is 3. The van der Waals surface area contributed by atoms with E-state index < -0.39 is 0 Å². The van der Waals surface area contributed by atoms with Gasteiger partial charge in [-0.25, -0.2) is 4.39 Å². The van der Waals surface area contributed by atoms with Gasteiger partial charge in [0.05, 0.1) is 6.42 Å². The summed E-state index contributed by atoms with van der Waals surface area (Å²) in [6.45, 7) is 4.00. The lowest BCUT2D eigenvalue weighted by atomic mass is 9.83. The molecule has 0 radical (unpaired) electrons. The number of rotatable bonds is 6. The van der Waals surface area contributed by atoms with E-state index in [0.717, 1.165) is 38.6 Å². The summed E-state index contributed by atoms with van der Waals surface area (Å²) in [5.41, 5.74) is 0.745. The number of carbonyl (C=O) groups excluding carboxylic acids is 2. The highest BCUT2D eigenvalue weighted by Gasteiger charge is 2.35. The number of hydrogen-bond donors (Lipinski definition) is 1. The van der Waals surface area contributed by atoms with Crippen LogP contribution in [0.25, 0.3) is 0 Å². The number of halogens is 1. The highest BCUT2D eigenvalue weighted by atomic mass is 19.1. The van der Waals surface area contributed by atoms with Crippen molar-refractivity contribution < 1.29 is 19.1 Å². The highest BCUT2D eigenvalue weighted by Crippen LogP contribution is 2.31. The van der Waals surface area contributed by atoms with Gasteiger partial charge >= 0.3 is 0 Å². The van der Waals surface area contributed by atoms with Crippen molar-refractivity contribution in [1.82, 2.24) is 14.4 Å². The molecule has 3 heterocycles. The van der Waals surface area contributed by atoms with Gasteiger partial charge in [0.2, 0.25) is 11.8 Å². The summed E-state index contributed by atoms with van der Waals surface area (Å²) in [4.78, 5) is 41.9. The van der Waals surface area contributed by atoms with Crippen molar-refractivity contribution in [3.05, 3.63) is 63.8 Å². The predicted octanol–water partition coefficient (Wildman–Crippen LogP) is 3.25. The summed E-state index contributed by atoms with van der Waals surface area (Å²) in [6.07, 6.45) is 4.97. The fourth-order valence-electron chi connectivity index (χ4n) is 5.56. The first-order valence-electron chi connectivity index (χ1n) is 12.5. The molecule has 1 aromatic heterocycles. The van der Waals surface area contributed by atoms with Crippen LogP contribution in [0.4, 0.5) is 4.39 Å². The van der Waals surface area contributed by atoms with Crippen LogP contribution in [0.2, 0.25) is 0 Å². The van der Waals surface area contributed by atoms with Crippen LogP contribution in [-0.4, -0.2) is 57.0 Å². The largest absolute Gasteiger partial charge is 0.508 e. The summed E-state index contributed by atoms with van der Waals surface area (Å²) >= 11 is 0. The third-order valence-electron chi connectivity index (χ3n) is 7.47. The van der Waals surface area contributed by atoms with Gasteiger partial charge in [0.25, 0.3) is 5.56 Å². The Balaban J connectivity index is 1.33. The maximum Gasteiger partial charge on any atom is 0.254 e. The number of benzene rings is 1. The first kappa shape index (κ1) is 24.9. The third-order valence-corrected chi connectivity index (χ3v) is 7.47. The molecule has 7 nitrogen and oxygen atoms in total. The molecule has 8 heteroatoms. The number of aromatic hydroxyl groups is 1. The molecule has 0 saturated carbocycles. The van der Waals surface area contributed by atoms with Crippen LogP contribution >= 0.6 is 0 Å². The van der Waals surface area contributed by atoms with Gasteiger partial charge in [-0.15, -0.1) is 0 Å². The van der Waals surface area contributed by atoms with Gasteiger partial charge in [0.1, 0.15) is 11.6 Å². The summed E-state index contributed by atoms with van der Waals surface area (Å²) in [5, 5.41) is 9.59. The topological polar surface area (TPSA) is 82.8 Å². The third kappa shape index (κ3) is 5.92. The van der Waals surface area contributed by atoms with Crippen molar-refractivity contribution >= 4 is 11.8 Å². The molecule has 2 aliphatic rings. The van der Waals surface area contributed by atoms with E-state index in [9.17, 15) is 23.9 Å². The molecule has 1 N–H and O–H groups in total. The molecule has 188 valence electrons. The van der Waals surface area contributed by atoms with Crippen molar-refractivity contribution in [2.45, 2.75) is 64.5 Å². The van der Waals surface area contributed by atoms with E-state index in [4.69, 9.17) is 0 Å². The first-order valence-corrected chi connectivity index (χ1v) is 12.5. The van der Waals surface area contributed by atoms with Crippen molar-refractivity contribution in [3.63, 3.8) is 0 Å². The molecular weight excluding hydrogens is 449 g/mol. The fourth-order valence-corrected chi connectivity index (χ4v) is 5.56. The number of carbonyl (C=O) groups is 2. The van der Waals surface area contributed by atoms with Crippen LogP contribution in [0.5, 0.6) is 5.75 Å². The number of aryl methyl sites for hydroxylation is 1. The maximum absolute atomic E-state index is 13.9. The van der Waals surface area contributed by atoms with Gasteiger partial charge in [-0.3, -0.25) is 14.4 Å². The van der Waals surface area contributed by atoms with Gasteiger partial charge in [-0.05, 0) is 62.6 Å². The number of likely N-dealkylation sites (tertiary alicyclic amines) is 2. The van der Waals surface area contributed by atoms with E-state index in [-0.39, 0.29) is 54.4 Å². The molecule has 2 saturated heterocycles. The Hall–Kier alpha value is -3.16. The highest BCUT2D eigenvalue weighted by molar-refractivity contribution is 5.79. The summed E-state index contributed by atoms with van der Waals surface area (Å²) in [7, 11) is 0. The van der Waals surface area contributed by atoms with Gasteiger partial charge in [-0.1, -0.05) is 18.2 Å². The van der Waals surface area contributed by atoms with Crippen molar-refractivity contribution in [2.75, 3.05) is 19.6 Å². The second-order valence-corrected chi connectivity index (χ2v) is 9.73. The predicted molar refractivity (Wildman–Crippen MR) is 130 cm³/mol. The monoisotopic (exact) mass is 483 g/mol. The van der Waals surface area contributed by atoms with Gasteiger partial charge in [0.15, 0.2) is 0 Å². The number of amides is 2. The van der Waals surface area contributed by atoms with Crippen LogP contribution in [-0.2, 0) is 22.6 Å². The Morgan fingerprint density at radius 1 is 1.03 bits per heavy atom. The minimum atomic E-state index is -0.350. The molecule has 2 amide bonds. The van der Waals surface area contributed by atoms with Crippen LogP contribution < -0.4 is 5.56 Å². The molecule has 2 aliphatic heterocycles. The Bertz CT molecular complexity index is 1120. The summed E-state index contributed by atoms with van der Waals surface area (Å²) in [5.74, 6) is -0.0939. The molecule has 2 aromatic rings. The molecule has 0 unspecified atom stereocenters. The number of hydrogen-bond acceptors (Lipinski definition) is 4. The number of pyridine rings is 1. The van der Waals surface area contributed by atoms with Gasteiger partial charge < -0.3 is 19.5 Å². The normalized spacial score (nSPS) is 19.1. The molecule has 0 bridgehead atoms. The van der Waals surface area contributed by atoms with E-state index in [1.807, 2.05) is 9.80 Å². The maximum atomic E-state index is 13.9. The Labute approximate surface area is 205 Å². The second kappa shape index (κ2) is 11.1.